The molecule has 0 bridgehead atoms. The Bertz CT molecular complexity index is 711. The van der Waals surface area contributed by atoms with Gasteiger partial charge in [-0.2, -0.15) is 0 Å². The summed E-state index contributed by atoms with van der Waals surface area (Å²) in [6.07, 6.45) is 7.02. The number of nitrogens with zero attached hydrogens (tertiary/aromatic N) is 1. The molecule has 3 rings (SSSR count). The van der Waals surface area contributed by atoms with Gasteiger partial charge in [0, 0.05) is 25.3 Å². The van der Waals surface area contributed by atoms with Gasteiger partial charge < -0.3 is 4.90 Å². The first kappa shape index (κ1) is 14.6. The Hall–Kier alpha value is -2.35. The number of carbonyl (C=O) groups excluding carboxylic acids is 1. The van der Waals surface area contributed by atoms with E-state index in [2.05, 4.69) is 29.2 Å². The van der Waals surface area contributed by atoms with Gasteiger partial charge in [-0.25, -0.2) is 0 Å². The molecular formula is C20H21NO. The van der Waals surface area contributed by atoms with E-state index in [1.807, 2.05) is 38.4 Å². The van der Waals surface area contributed by atoms with Crippen LogP contribution in [0.1, 0.15) is 33.5 Å². The molecule has 0 atom stereocenters. The number of anilines is 1. The van der Waals surface area contributed by atoms with E-state index in [4.69, 9.17) is 0 Å². The van der Waals surface area contributed by atoms with Crippen LogP contribution in [0, 0.1) is 0 Å². The second-order valence-electron chi connectivity index (χ2n) is 6.02. The highest BCUT2D eigenvalue weighted by Crippen LogP contribution is 2.23. The molecule has 0 aromatic heterocycles. The zero-order chi connectivity index (χ0) is 15.5. The maximum Gasteiger partial charge on any atom is 0.185 e. The van der Waals surface area contributed by atoms with Crippen LogP contribution in [0.15, 0.2) is 48.5 Å². The smallest absolute Gasteiger partial charge is 0.185 e. The number of benzene rings is 2. The molecule has 0 saturated carbocycles. The van der Waals surface area contributed by atoms with Crippen molar-refractivity contribution in [1.82, 2.24) is 0 Å². The third-order valence-electron chi connectivity index (χ3n) is 4.22. The Morgan fingerprint density at radius 2 is 1.73 bits per heavy atom. The molecular weight excluding hydrogens is 270 g/mol. The fourth-order valence-electron chi connectivity index (χ4n) is 2.88. The lowest BCUT2D eigenvalue weighted by molar-refractivity contribution is 0.104. The fourth-order valence-corrected chi connectivity index (χ4v) is 2.88. The molecule has 1 aliphatic rings. The molecule has 2 aromatic rings. The lowest BCUT2D eigenvalue weighted by Gasteiger charge is -2.11. The first-order valence-electron chi connectivity index (χ1n) is 7.75. The van der Waals surface area contributed by atoms with Gasteiger partial charge in [0.15, 0.2) is 5.78 Å². The molecule has 0 saturated heterocycles. The van der Waals surface area contributed by atoms with Crippen LogP contribution in [0.2, 0.25) is 0 Å². The Morgan fingerprint density at radius 1 is 1.00 bits per heavy atom. The first-order valence-corrected chi connectivity index (χ1v) is 7.75. The molecule has 2 heteroatoms. The summed E-state index contributed by atoms with van der Waals surface area (Å²) in [5.74, 6) is 0.0754. The van der Waals surface area contributed by atoms with Crippen LogP contribution in [-0.4, -0.2) is 19.9 Å². The first-order chi connectivity index (χ1) is 10.6. The van der Waals surface area contributed by atoms with Crippen molar-refractivity contribution in [3.05, 3.63) is 70.8 Å². The molecule has 2 nitrogen and oxygen atoms in total. The average Bonchev–Trinajstić information content (AvgIpc) is 3.00. The molecule has 0 aliphatic heterocycles. The van der Waals surface area contributed by atoms with E-state index in [1.165, 1.54) is 17.5 Å². The van der Waals surface area contributed by atoms with Crippen molar-refractivity contribution in [2.75, 3.05) is 19.0 Å². The number of hydrogen-bond donors (Lipinski definition) is 0. The lowest BCUT2D eigenvalue weighted by Crippen LogP contribution is -2.07. The highest BCUT2D eigenvalue weighted by atomic mass is 16.1. The molecule has 0 fully saturated rings. The van der Waals surface area contributed by atoms with Crippen LogP contribution in [0.4, 0.5) is 5.69 Å². The zero-order valence-electron chi connectivity index (χ0n) is 13.2. The summed E-state index contributed by atoms with van der Waals surface area (Å²) in [4.78, 5) is 14.4. The van der Waals surface area contributed by atoms with Gasteiger partial charge in [0.25, 0.3) is 0 Å². The minimum absolute atomic E-state index is 0.0754. The van der Waals surface area contributed by atoms with Gasteiger partial charge in [-0.3, -0.25) is 4.79 Å². The second-order valence-corrected chi connectivity index (χ2v) is 6.02. The van der Waals surface area contributed by atoms with Crippen molar-refractivity contribution < 1.29 is 4.79 Å². The van der Waals surface area contributed by atoms with E-state index in [0.29, 0.717) is 0 Å². The Kier molecular flexibility index (Phi) is 4.10. The van der Waals surface area contributed by atoms with E-state index in [1.54, 1.807) is 6.08 Å². The monoisotopic (exact) mass is 291 g/mol. The summed E-state index contributed by atoms with van der Waals surface area (Å²) < 4.78 is 0. The molecule has 0 spiro atoms. The number of rotatable bonds is 4. The van der Waals surface area contributed by atoms with Crippen molar-refractivity contribution >= 4 is 17.5 Å². The summed E-state index contributed by atoms with van der Waals surface area (Å²) >= 11 is 0. The van der Waals surface area contributed by atoms with E-state index >= 15 is 0 Å². The predicted octanol–water partition coefficient (Wildman–Crippen LogP) is 4.14. The van der Waals surface area contributed by atoms with Crippen molar-refractivity contribution in [2.24, 2.45) is 0 Å². The number of aryl methyl sites for hydroxylation is 2. The van der Waals surface area contributed by atoms with E-state index in [0.717, 1.165) is 29.7 Å². The number of fused-ring (bicyclic) bond motifs is 1. The van der Waals surface area contributed by atoms with Crippen LogP contribution in [0.5, 0.6) is 0 Å². The van der Waals surface area contributed by atoms with Crippen LogP contribution < -0.4 is 4.90 Å². The molecule has 22 heavy (non-hydrogen) atoms. The van der Waals surface area contributed by atoms with Gasteiger partial charge in [-0.05, 0) is 60.2 Å². The Labute approximate surface area is 132 Å². The maximum absolute atomic E-state index is 12.3. The topological polar surface area (TPSA) is 20.3 Å². The third kappa shape index (κ3) is 3.11. The van der Waals surface area contributed by atoms with Crippen LogP contribution in [-0.2, 0) is 12.8 Å². The van der Waals surface area contributed by atoms with E-state index < -0.39 is 0 Å². The number of carbonyl (C=O) groups is 1. The van der Waals surface area contributed by atoms with Gasteiger partial charge in [0.1, 0.15) is 0 Å². The van der Waals surface area contributed by atoms with Gasteiger partial charge in [-0.15, -0.1) is 0 Å². The molecule has 1 aliphatic carbocycles. The third-order valence-corrected chi connectivity index (χ3v) is 4.22. The van der Waals surface area contributed by atoms with Gasteiger partial charge in [-0.1, -0.05) is 30.3 Å². The summed E-state index contributed by atoms with van der Waals surface area (Å²) in [6.45, 7) is 0. The van der Waals surface area contributed by atoms with Gasteiger partial charge in [0.05, 0.1) is 0 Å². The minimum atomic E-state index is 0.0754. The zero-order valence-corrected chi connectivity index (χ0v) is 13.2. The van der Waals surface area contributed by atoms with Crippen molar-refractivity contribution in [3.63, 3.8) is 0 Å². The van der Waals surface area contributed by atoms with Gasteiger partial charge >= 0.3 is 0 Å². The lowest BCUT2D eigenvalue weighted by atomic mass is 10.0. The molecule has 0 heterocycles. The molecule has 0 unspecified atom stereocenters. The predicted molar refractivity (Wildman–Crippen MR) is 92.6 cm³/mol. The molecule has 2 aromatic carbocycles. The standard InChI is InChI=1S/C20H21NO/c1-21(2)19-11-6-15(7-12-19)8-13-20(22)18-10-9-16-4-3-5-17(16)14-18/h6-14H,3-5H2,1-2H3. The van der Waals surface area contributed by atoms with Crippen molar-refractivity contribution in [3.8, 4) is 0 Å². The molecule has 0 N–H and O–H groups in total. The van der Waals surface area contributed by atoms with Crippen LogP contribution in [0.3, 0.4) is 0 Å². The van der Waals surface area contributed by atoms with Crippen molar-refractivity contribution in [2.45, 2.75) is 19.3 Å². The highest BCUT2D eigenvalue weighted by Gasteiger charge is 2.12. The molecule has 0 radical (unpaired) electrons. The summed E-state index contributed by atoms with van der Waals surface area (Å²) in [5.41, 5.74) is 5.73. The number of ketones is 1. The SMILES string of the molecule is CN(C)c1ccc(C=CC(=O)c2ccc3c(c2)CCC3)cc1. The van der Waals surface area contributed by atoms with Crippen LogP contribution >= 0.6 is 0 Å². The average molecular weight is 291 g/mol. The number of allylic oxidation sites excluding steroid dienone is 1. The van der Waals surface area contributed by atoms with E-state index in [-0.39, 0.29) is 5.78 Å². The second kappa shape index (κ2) is 6.18. The fraction of sp³-hybridized carbons (Fsp3) is 0.250. The van der Waals surface area contributed by atoms with Gasteiger partial charge in [0.2, 0.25) is 0 Å². The summed E-state index contributed by atoms with van der Waals surface area (Å²) in [7, 11) is 4.03. The normalized spacial score (nSPS) is 13.4. The minimum Gasteiger partial charge on any atom is -0.378 e. The van der Waals surface area contributed by atoms with Crippen molar-refractivity contribution in [1.29, 1.82) is 0 Å². The Morgan fingerprint density at radius 3 is 2.45 bits per heavy atom. The maximum atomic E-state index is 12.3. The number of hydrogen-bond acceptors (Lipinski definition) is 2. The largest absolute Gasteiger partial charge is 0.378 e. The van der Waals surface area contributed by atoms with Crippen LogP contribution in [0.25, 0.3) is 6.08 Å². The highest BCUT2D eigenvalue weighted by molar-refractivity contribution is 6.07. The molecule has 112 valence electrons. The molecule has 0 amide bonds. The quantitative estimate of drug-likeness (QED) is 0.623. The summed E-state index contributed by atoms with van der Waals surface area (Å²) in [6, 6.07) is 14.3. The summed E-state index contributed by atoms with van der Waals surface area (Å²) in [5, 5.41) is 0. The Balaban J connectivity index is 1.73. The van der Waals surface area contributed by atoms with E-state index in [9.17, 15) is 4.79 Å².